The zero-order valence-corrected chi connectivity index (χ0v) is 20.5. The molecule has 0 radical (unpaired) electrons. The molecule has 1 atom stereocenters. The number of carbonyl (C=O) groups excluding carboxylic acids is 1. The summed E-state index contributed by atoms with van der Waals surface area (Å²) < 4.78 is 31.5. The summed E-state index contributed by atoms with van der Waals surface area (Å²) in [6, 6.07) is 19.5. The summed E-state index contributed by atoms with van der Waals surface area (Å²) in [5.74, 6) is -0.250. The van der Waals surface area contributed by atoms with Gasteiger partial charge in [0.05, 0.1) is 4.90 Å². The van der Waals surface area contributed by atoms with Crippen molar-refractivity contribution >= 4 is 38.3 Å². The molecule has 5 rings (SSSR count). The van der Waals surface area contributed by atoms with E-state index >= 15 is 0 Å². The summed E-state index contributed by atoms with van der Waals surface area (Å²) in [6.45, 7) is 1.33. The molecule has 4 aromatic rings. The number of aromatic nitrogens is 2. The zero-order chi connectivity index (χ0) is 24.4. The average molecular weight is 525 g/mol. The van der Waals surface area contributed by atoms with Gasteiger partial charge in [-0.3, -0.25) is 4.79 Å². The minimum Gasteiger partial charge on any atom is -0.337 e. The Labute approximate surface area is 216 Å². The molecule has 0 spiro atoms. The second-order valence-corrected chi connectivity index (χ2v) is 10.6. The normalized spacial score (nSPS) is 14.2. The van der Waals surface area contributed by atoms with Crippen LogP contribution in [-0.4, -0.2) is 41.4 Å². The van der Waals surface area contributed by atoms with E-state index in [2.05, 4.69) is 15.8 Å². The number of hydrogen-bond donors (Lipinski definition) is 1. The van der Waals surface area contributed by atoms with Gasteiger partial charge in [-0.25, -0.2) is 13.4 Å². The van der Waals surface area contributed by atoms with Gasteiger partial charge >= 0.3 is 0 Å². The Morgan fingerprint density at radius 2 is 1.75 bits per heavy atom. The van der Waals surface area contributed by atoms with Gasteiger partial charge in [0.1, 0.15) is 6.04 Å². The van der Waals surface area contributed by atoms with Crippen molar-refractivity contribution in [2.45, 2.75) is 44.3 Å². The topological polar surface area (TPSA) is 84.3 Å². The smallest absolute Gasteiger partial charge is 0.241 e. The Morgan fingerprint density at radius 1 is 1.03 bits per heavy atom. The highest BCUT2D eigenvalue weighted by atomic mass is 35.5. The first-order chi connectivity index (χ1) is 16.9. The van der Waals surface area contributed by atoms with Gasteiger partial charge in [-0.2, -0.15) is 4.72 Å². The molecular formula is C27H29ClN4O3S. The molecule has 188 valence electrons. The summed E-state index contributed by atoms with van der Waals surface area (Å²) in [5.41, 5.74) is 2.30. The van der Waals surface area contributed by atoms with Crippen LogP contribution in [0.1, 0.15) is 25.0 Å². The minimum atomic E-state index is -3.99. The molecule has 1 aromatic heterocycles. The van der Waals surface area contributed by atoms with E-state index in [-0.39, 0.29) is 24.7 Å². The molecule has 36 heavy (non-hydrogen) atoms. The molecule has 2 heterocycles. The molecule has 9 heteroatoms. The fraction of sp³-hybridized carbons (Fsp3) is 0.259. The van der Waals surface area contributed by atoms with Crippen LogP contribution in [0.4, 0.5) is 0 Å². The van der Waals surface area contributed by atoms with E-state index in [0.717, 1.165) is 17.4 Å². The van der Waals surface area contributed by atoms with Crippen LogP contribution in [-0.2, 0) is 34.3 Å². The Balaban J connectivity index is 0.00000304. The number of fused-ring (bicyclic) bond motifs is 2. The number of nitrogens with one attached hydrogen (secondary N) is 1. The van der Waals surface area contributed by atoms with Crippen molar-refractivity contribution in [2.75, 3.05) is 6.54 Å². The zero-order valence-electron chi connectivity index (χ0n) is 19.0. The third kappa shape index (κ3) is 5.31. The number of rotatable bonds is 7. The first-order valence-electron chi connectivity index (χ1n) is 11.4. The van der Waals surface area contributed by atoms with E-state index in [4.69, 9.17) is 11.6 Å². The van der Waals surface area contributed by atoms with Gasteiger partial charge in [-0.15, -0.1) is 0 Å². The predicted molar refractivity (Wildman–Crippen MR) is 142 cm³/mol. The summed E-state index contributed by atoms with van der Waals surface area (Å²) in [7, 11) is -3.99. The van der Waals surface area contributed by atoms with E-state index in [1.54, 1.807) is 46.1 Å². The number of carbonyl (C=O) groups is 1. The predicted octanol–water partition coefficient (Wildman–Crippen LogP) is 4.65. The molecule has 0 aliphatic carbocycles. The fourth-order valence-electron chi connectivity index (χ4n) is 4.56. The highest BCUT2D eigenvalue weighted by Crippen LogP contribution is 2.24. The highest BCUT2D eigenvalue weighted by Gasteiger charge is 2.31. The van der Waals surface area contributed by atoms with Crippen LogP contribution in [0.15, 0.2) is 84.0 Å². The number of hydrogen-bond acceptors (Lipinski definition) is 4. The number of nitrogens with zero attached hydrogens (tertiary/aromatic N) is 3. The van der Waals surface area contributed by atoms with Crippen molar-refractivity contribution in [2.24, 2.45) is 0 Å². The second kappa shape index (κ2) is 10.8. The van der Waals surface area contributed by atoms with E-state index in [9.17, 15) is 13.2 Å². The quantitative estimate of drug-likeness (QED) is 0.381. The Bertz CT molecular complexity index is 1480. The lowest BCUT2D eigenvalue weighted by Gasteiger charge is -2.32. The molecule has 7 nitrogen and oxygen atoms in total. The van der Waals surface area contributed by atoms with Crippen LogP contribution in [0.5, 0.6) is 0 Å². The summed E-state index contributed by atoms with van der Waals surface area (Å²) in [4.78, 5) is 19.6. The van der Waals surface area contributed by atoms with Crippen molar-refractivity contribution in [3.05, 3.63) is 95.5 Å². The number of sulfonamides is 1. The third-order valence-electron chi connectivity index (χ3n) is 6.40. The maximum absolute atomic E-state index is 13.7. The Morgan fingerprint density at radius 3 is 2.53 bits per heavy atom. The van der Waals surface area contributed by atoms with Crippen LogP contribution in [0.3, 0.4) is 0 Å². The average Bonchev–Trinajstić information content (AvgIpc) is 3.29. The number of aryl methyl sites for hydroxylation is 1. The standard InChI is InChI=1S/C26H25ClN4O3S.CH4/c27-26-28-14-17-30(26)16-13-23(25(32)31-15-12-19-6-1-2-8-21(19)18-31)29-35(33,34)24-11-5-9-20-7-3-4-10-22(20)24;/h1-11,14,17,23,29H,12-13,15-16,18H2;1H4. The van der Waals surface area contributed by atoms with Crippen molar-refractivity contribution in [1.82, 2.24) is 19.2 Å². The first-order valence-corrected chi connectivity index (χ1v) is 13.3. The molecule has 0 saturated carbocycles. The first kappa shape index (κ1) is 25.9. The molecule has 0 saturated heterocycles. The monoisotopic (exact) mass is 524 g/mol. The molecule has 1 unspecified atom stereocenters. The van der Waals surface area contributed by atoms with Gasteiger partial charge in [-0.1, -0.05) is 68.1 Å². The van der Waals surface area contributed by atoms with E-state index in [1.165, 1.54) is 5.56 Å². The van der Waals surface area contributed by atoms with Gasteiger partial charge < -0.3 is 9.47 Å². The molecule has 1 N–H and O–H groups in total. The van der Waals surface area contributed by atoms with Crippen molar-refractivity contribution < 1.29 is 13.2 Å². The van der Waals surface area contributed by atoms with Crippen molar-refractivity contribution in [1.29, 1.82) is 0 Å². The molecule has 0 fully saturated rings. The Hall–Kier alpha value is -3.20. The van der Waals surface area contributed by atoms with Gasteiger partial charge in [0.25, 0.3) is 0 Å². The lowest BCUT2D eigenvalue weighted by Crippen LogP contribution is -2.50. The van der Waals surface area contributed by atoms with Crippen LogP contribution in [0.2, 0.25) is 5.28 Å². The van der Waals surface area contributed by atoms with Crippen LogP contribution in [0.25, 0.3) is 10.8 Å². The number of halogens is 1. The van der Waals surface area contributed by atoms with Gasteiger partial charge in [0.15, 0.2) is 0 Å². The maximum atomic E-state index is 13.7. The van der Waals surface area contributed by atoms with Crippen LogP contribution < -0.4 is 4.72 Å². The lowest BCUT2D eigenvalue weighted by molar-refractivity contribution is -0.134. The van der Waals surface area contributed by atoms with E-state index < -0.39 is 16.1 Å². The molecule has 3 aromatic carbocycles. The number of amides is 1. The fourth-order valence-corrected chi connectivity index (χ4v) is 6.21. The lowest BCUT2D eigenvalue weighted by atomic mass is 9.99. The number of imidazole rings is 1. The third-order valence-corrected chi connectivity index (χ3v) is 8.24. The van der Waals surface area contributed by atoms with Crippen LogP contribution in [0, 0.1) is 0 Å². The Kier molecular flexibility index (Phi) is 7.78. The molecule has 1 aliphatic heterocycles. The maximum Gasteiger partial charge on any atom is 0.241 e. The van der Waals surface area contributed by atoms with Gasteiger partial charge in [0, 0.05) is 37.4 Å². The largest absolute Gasteiger partial charge is 0.337 e. The summed E-state index contributed by atoms with van der Waals surface area (Å²) in [6.07, 6.45) is 4.25. The molecular weight excluding hydrogens is 496 g/mol. The SMILES string of the molecule is C.O=C(C(CCn1ccnc1Cl)NS(=O)(=O)c1cccc2ccccc12)N1CCc2ccccc2C1. The van der Waals surface area contributed by atoms with E-state index in [0.29, 0.717) is 30.3 Å². The molecule has 0 bridgehead atoms. The minimum absolute atomic E-state index is 0. The van der Waals surface area contributed by atoms with Gasteiger partial charge in [0.2, 0.25) is 21.2 Å². The molecule has 1 amide bonds. The summed E-state index contributed by atoms with van der Waals surface area (Å²) in [5, 5.41) is 1.72. The van der Waals surface area contributed by atoms with Gasteiger partial charge in [-0.05, 0) is 47.0 Å². The number of benzene rings is 3. The summed E-state index contributed by atoms with van der Waals surface area (Å²) >= 11 is 6.12. The van der Waals surface area contributed by atoms with Crippen LogP contribution >= 0.6 is 11.6 Å². The van der Waals surface area contributed by atoms with E-state index in [1.807, 2.05) is 36.4 Å². The highest BCUT2D eigenvalue weighted by molar-refractivity contribution is 7.89. The second-order valence-electron chi connectivity index (χ2n) is 8.61. The van der Waals surface area contributed by atoms with Crippen molar-refractivity contribution in [3.63, 3.8) is 0 Å². The molecule has 1 aliphatic rings. The van der Waals surface area contributed by atoms with Crippen molar-refractivity contribution in [3.8, 4) is 0 Å².